The summed E-state index contributed by atoms with van der Waals surface area (Å²) < 4.78 is 0. The number of hydrogen-bond donors (Lipinski definition) is 2. The predicted octanol–water partition coefficient (Wildman–Crippen LogP) is 2.01. The van der Waals surface area contributed by atoms with Crippen molar-refractivity contribution in [3.8, 4) is 0 Å². The molecule has 0 radical (unpaired) electrons. The Balaban J connectivity index is 1.78. The molecule has 2 amide bonds. The lowest BCUT2D eigenvalue weighted by Gasteiger charge is -2.23. The molecule has 2 N–H and O–H groups in total. The number of carbonyl (C=O) groups excluding carboxylic acids is 2. The monoisotopic (exact) mass is 370 g/mol. The molecule has 1 aromatic heterocycles. The fraction of sp³-hybridized carbons (Fsp3) is 0.235. The first-order valence-electron chi connectivity index (χ1n) is 8.02. The van der Waals surface area contributed by atoms with E-state index in [4.69, 9.17) is 0 Å². The maximum absolute atomic E-state index is 11.7. The molecule has 26 heavy (non-hydrogen) atoms. The predicted molar refractivity (Wildman–Crippen MR) is 96.6 cm³/mol. The van der Waals surface area contributed by atoms with Gasteiger partial charge in [0, 0.05) is 11.9 Å². The number of nitrogens with one attached hydrogen (secondary N) is 1. The number of nitrogens with zero attached hydrogens (tertiary/aromatic N) is 3. The van der Waals surface area contributed by atoms with Crippen molar-refractivity contribution in [2.45, 2.75) is 18.9 Å². The summed E-state index contributed by atoms with van der Waals surface area (Å²) in [4.78, 5) is 45.2. The van der Waals surface area contributed by atoms with E-state index in [0.717, 1.165) is 18.2 Å². The second-order valence-corrected chi connectivity index (χ2v) is 7.03. The molecule has 0 aliphatic carbocycles. The fourth-order valence-electron chi connectivity index (χ4n) is 3.23. The number of rotatable bonds is 3. The van der Waals surface area contributed by atoms with Gasteiger partial charge in [0.15, 0.2) is 0 Å². The van der Waals surface area contributed by atoms with Crippen LogP contribution in [0.1, 0.15) is 18.4 Å². The Morgan fingerprint density at radius 3 is 2.92 bits per heavy atom. The van der Waals surface area contributed by atoms with Gasteiger partial charge in [-0.1, -0.05) is 6.07 Å². The molecule has 1 unspecified atom stereocenters. The second-order valence-electron chi connectivity index (χ2n) is 6.02. The molecule has 2 saturated heterocycles. The summed E-state index contributed by atoms with van der Waals surface area (Å²) in [6, 6.07) is 4.79. The number of carboxylic acids is 1. The van der Waals surface area contributed by atoms with Crippen molar-refractivity contribution in [2.75, 3.05) is 11.4 Å². The number of amides is 2. The minimum absolute atomic E-state index is 0.317. The molecule has 1 aromatic carbocycles. The number of carboxylic acid groups (broad SMARTS) is 1. The topological polar surface area (TPSA) is 112 Å². The van der Waals surface area contributed by atoms with Crippen LogP contribution in [0.4, 0.5) is 10.6 Å². The van der Waals surface area contributed by atoms with E-state index in [1.54, 1.807) is 23.1 Å². The third-order valence-electron chi connectivity index (χ3n) is 4.39. The van der Waals surface area contributed by atoms with Crippen molar-refractivity contribution in [3.63, 3.8) is 0 Å². The van der Waals surface area contributed by atoms with Crippen LogP contribution in [0.2, 0.25) is 0 Å². The van der Waals surface area contributed by atoms with E-state index in [9.17, 15) is 19.5 Å². The third-order valence-corrected chi connectivity index (χ3v) is 5.20. The Hall–Kier alpha value is -2.94. The number of benzene rings is 1. The van der Waals surface area contributed by atoms with Crippen molar-refractivity contribution in [2.24, 2.45) is 0 Å². The first-order chi connectivity index (χ1) is 12.5. The van der Waals surface area contributed by atoms with Crippen LogP contribution < -0.4 is 10.2 Å². The summed E-state index contributed by atoms with van der Waals surface area (Å²) in [6.07, 6.45) is 4.40. The molecule has 0 saturated carbocycles. The summed E-state index contributed by atoms with van der Waals surface area (Å²) in [5.41, 5.74) is 1.40. The molecule has 2 aromatic rings. The smallest absolute Gasteiger partial charge is 0.326 e. The first kappa shape index (κ1) is 16.5. The van der Waals surface area contributed by atoms with Gasteiger partial charge in [-0.25, -0.2) is 14.8 Å². The maximum Gasteiger partial charge on any atom is 0.326 e. The molecule has 2 aliphatic heterocycles. The molecular weight excluding hydrogens is 356 g/mol. The van der Waals surface area contributed by atoms with E-state index in [1.165, 1.54) is 6.33 Å². The van der Waals surface area contributed by atoms with Gasteiger partial charge in [-0.05, 0) is 48.4 Å². The molecule has 132 valence electrons. The normalized spacial score (nSPS) is 21.6. The summed E-state index contributed by atoms with van der Waals surface area (Å²) in [6.45, 7) is 0.612. The van der Waals surface area contributed by atoms with Gasteiger partial charge in [0.1, 0.15) is 18.2 Å². The molecule has 4 rings (SSSR count). The van der Waals surface area contributed by atoms with Crippen LogP contribution in [0.15, 0.2) is 29.4 Å². The lowest BCUT2D eigenvalue weighted by atomic mass is 10.1. The standard InChI is InChI=1S/C17H14N4O4S/c22-15-13(26-17(25)20-15)7-9-3-4-11-10(6-9)14(19-8-18-11)21-5-1-2-12(21)16(23)24/h3-4,6-8,12H,1-2,5H2,(H,23,24)(H,20,22,25)/b13-7-. The molecule has 9 heteroatoms. The molecule has 8 nitrogen and oxygen atoms in total. The number of anilines is 1. The summed E-state index contributed by atoms with van der Waals surface area (Å²) >= 11 is 0.850. The molecule has 3 heterocycles. The van der Waals surface area contributed by atoms with Crippen molar-refractivity contribution < 1.29 is 19.5 Å². The molecular formula is C17H14N4O4S. The maximum atomic E-state index is 11.7. The van der Waals surface area contributed by atoms with Crippen LogP contribution >= 0.6 is 11.8 Å². The number of imide groups is 1. The zero-order valence-electron chi connectivity index (χ0n) is 13.5. The van der Waals surface area contributed by atoms with E-state index < -0.39 is 23.2 Å². The lowest BCUT2D eigenvalue weighted by Crippen LogP contribution is -2.36. The van der Waals surface area contributed by atoms with Crippen LogP contribution in [0, 0.1) is 0 Å². The van der Waals surface area contributed by atoms with Crippen molar-refractivity contribution in [3.05, 3.63) is 35.0 Å². The van der Waals surface area contributed by atoms with Crippen LogP contribution in [0.5, 0.6) is 0 Å². The Morgan fingerprint density at radius 1 is 1.35 bits per heavy atom. The molecule has 0 bridgehead atoms. The number of fused-ring (bicyclic) bond motifs is 1. The summed E-state index contributed by atoms with van der Waals surface area (Å²) in [7, 11) is 0. The van der Waals surface area contributed by atoms with Gasteiger partial charge in [0.05, 0.1) is 10.4 Å². The van der Waals surface area contributed by atoms with E-state index in [1.807, 2.05) is 6.07 Å². The van der Waals surface area contributed by atoms with Crippen molar-refractivity contribution in [1.82, 2.24) is 15.3 Å². The number of aromatic nitrogens is 2. The highest BCUT2D eigenvalue weighted by molar-refractivity contribution is 8.18. The average molecular weight is 370 g/mol. The van der Waals surface area contributed by atoms with Crippen LogP contribution in [0.3, 0.4) is 0 Å². The molecule has 2 fully saturated rings. The van der Waals surface area contributed by atoms with Crippen molar-refractivity contribution >= 4 is 51.7 Å². The van der Waals surface area contributed by atoms with Gasteiger partial charge in [0.2, 0.25) is 0 Å². The van der Waals surface area contributed by atoms with Crippen LogP contribution in [-0.2, 0) is 9.59 Å². The second kappa shape index (κ2) is 6.41. The van der Waals surface area contributed by atoms with E-state index >= 15 is 0 Å². The van der Waals surface area contributed by atoms with Crippen LogP contribution in [0.25, 0.3) is 17.0 Å². The summed E-state index contributed by atoms with van der Waals surface area (Å²) in [5.74, 6) is -0.722. The average Bonchev–Trinajstić information content (AvgIpc) is 3.21. The van der Waals surface area contributed by atoms with Gasteiger partial charge >= 0.3 is 5.97 Å². The number of carbonyl (C=O) groups is 3. The minimum atomic E-state index is -0.870. The molecule has 0 spiro atoms. The van der Waals surface area contributed by atoms with Gasteiger partial charge in [0.25, 0.3) is 11.1 Å². The van der Waals surface area contributed by atoms with Gasteiger partial charge in [-0.2, -0.15) is 0 Å². The minimum Gasteiger partial charge on any atom is -0.480 e. The Morgan fingerprint density at radius 2 is 2.19 bits per heavy atom. The van der Waals surface area contributed by atoms with E-state index in [2.05, 4.69) is 15.3 Å². The van der Waals surface area contributed by atoms with Gasteiger partial charge in [-0.15, -0.1) is 0 Å². The third kappa shape index (κ3) is 2.90. The lowest BCUT2D eigenvalue weighted by molar-refractivity contribution is -0.138. The number of hydrogen-bond acceptors (Lipinski definition) is 7. The Kier molecular flexibility index (Phi) is 4.08. The Labute approximate surface area is 152 Å². The number of thioether (sulfide) groups is 1. The van der Waals surface area contributed by atoms with Gasteiger partial charge < -0.3 is 10.0 Å². The van der Waals surface area contributed by atoms with E-state index in [0.29, 0.717) is 40.2 Å². The molecule has 1 atom stereocenters. The van der Waals surface area contributed by atoms with Gasteiger partial charge in [-0.3, -0.25) is 14.9 Å². The molecule has 2 aliphatic rings. The summed E-state index contributed by atoms with van der Waals surface area (Å²) in [5, 5.41) is 12.0. The Bertz CT molecular complexity index is 974. The zero-order valence-corrected chi connectivity index (χ0v) is 14.3. The highest BCUT2D eigenvalue weighted by atomic mass is 32.2. The highest BCUT2D eigenvalue weighted by Gasteiger charge is 2.32. The highest BCUT2D eigenvalue weighted by Crippen LogP contribution is 2.32. The SMILES string of the molecule is O=C1NC(=O)/C(=C/c2ccc3ncnc(N4CCCC4C(=O)O)c3c2)S1. The largest absolute Gasteiger partial charge is 0.480 e. The fourth-order valence-corrected chi connectivity index (χ4v) is 3.91. The van der Waals surface area contributed by atoms with Crippen molar-refractivity contribution in [1.29, 1.82) is 0 Å². The first-order valence-corrected chi connectivity index (χ1v) is 8.83. The zero-order chi connectivity index (χ0) is 18.3. The van der Waals surface area contributed by atoms with Crippen LogP contribution in [-0.4, -0.2) is 44.8 Å². The quantitative estimate of drug-likeness (QED) is 0.789. The van der Waals surface area contributed by atoms with E-state index in [-0.39, 0.29) is 0 Å². The number of aliphatic carboxylic acids is 1.